The fraction of sp³-hybridized carbons (Fsp3) is 0.350. The number of carbonyl (C=O) groups is 2. The van der Waals surface area contributed by atoms with E-state index in [1.807, 2.05) is 0 Å². The number of rotatable bonds is 7. The van der Waals surface area contributed by atoms with Crippen LogP contribution in [-0.4, -0.2) is 52.7 Å². The molecular weight excluding hydrogens is 439 g/mol. The highest BCUT2D eigenvalue weighted by atomic mass is 35.5. The lowest BCUT2D eigenvalue weighted by Gasteiger charge is -2.25. The monoisotopic (exact) mass is 457 g/mol. The van der Waals surface area contributed by atoms with Gasteiger partial charge in [0.25, 0.3) is 11.8 Å². The highest BCUT2D eigenvalue weighted by molar-refractivity contribution is 6.32. The predicted molar refractivity (Wildman–Crippen MR) is 105 cm³/mol. The Hall–Kier alpha value is -2.85. The van der Waals surface area contributed by atoms with E-state index in [0.29, 0.717) is 16.7 Å². The fourth-order valence-corrected chi connectivity index (χ4v) is 3.49. The van der Waals surface area contributed by atoms with Gasteiger partial charge in [0.2, 0.25) is 0 Å². The molecule has 1 aliphatic heterocycles. The first-order valence-corrected chi connectivity index (χ1v) is 9.67. The molecule has 0 bridgehead atoms. The third-order valence-corrected chi connectivity index (χ3v) is 5.08. The van der Waals surface area contributed by atoms with Gasteiger partial charge in [0, 0.05) is 30.4 Å². The van der Waals surface area contributed by atoms with Crippen LogP contribution >= 0.6 is 11.6 Å². The number of aromatic nitrogens is 1. The maximum Gasteiger partial charge on any atom is 0.422 e. The van der Waals surface area contributed by atoms with Gasteiger partial charge < -0.3 is 20.1 Å². The molecule has 7 nitrogen and oxygen atoms in total. The molecule has 1 aromatic carbocycles. The van der Waals surface area contributed by atoms with Crippen LogP contribution in [0.1, 0.15) is 44.9 Å². The minimum absolute atomic E-state index is 0.0107. The van der Waals surface area contributed by atoms with Crippen LogP contribution in [0.5, 0.6) is 5.75 Å². The molecule has 2 heterocycles. The van der Waals surface area contributed by atoms with Crippen LogP contribution in [0, 0.1) is 0 Å². The zero-order valence-electron chi connectivity index (χ0n) is 16.4. The molecule has 3 rings (SSSR count). The Balaban J connectivity index is 1.80. The van der Waals surface area contributed by atoms with Gasteiger partial charge in [-0.1, -0.05) is 17.7 Å². The quantitative estimate of drug-likeness (QED) is 0.666. The number of alkyl halides is 3. The summed E-state index contributed by atoms with van der Waals surface area (Å²) in [6, 6.07) is 5.34. The van der Waals surface area contributed by atoms with Crippen molar-refractivity contribution in [1.29, 1.82) is 0 Å². The van der Waals surface area contributed by atoms with Crippen molar-refractivity contribution in [3.63, 3.8) is 0 Å². The number of nitrogens with zero attached hydrogens (tertiary/aromatic N) is 2. The van der Waals surface area contributed by atoms with Crippen LogP contribution in [0.3, 0.4) is 0 Å². The average Bonchev–Trinajstić information content (AvgIpc) is 3.06. The molecule has 0 spiro atoms. The molecule has 0 fully saturated rings. The molecule has 166 valence electrons. The smallest absolute Gasteiger partial charge is 0.422 e. The second-order valence-electron chi connectivity index (χ2n) is 6.87. The van der Waals surface area contributed by atoms with Gasteiger partial charge in [0.15, 0.2) is 6.61 Å². The topological polar surface area (TPSA) is 91.8 Å². The lowest BCUT2D eigenvalue weighted by atomic mass is 10.1. The fourth-order valence-electron chi connectivity index (χ4n) is 3.24. The summed E-state index contributed by atoms with van der Waals surface area (Å²) in [5, 5.41) is 11.4. The lowest BCUT2D eigenvalue weighted by molar-refractivity contribution is -0.153. The first-order chi connectivity index (χ1) is 14.6. The number of carbonyl (C=O) groups excluding carboxylic acids is 2. The van der Waals surface area contributed by atoms with E-state index >= 15 is 0 Å². The average molecular weight is 458 g/mol. The predicted octanol–water partition coefficient (Wildman–Crippen LogP) is 3.12. The molecular formula is C20H19ClF3N3O4. The van der Waals surface area contributed by atoms with Gasteiger partial charge in [-0.2, -0.15) is 13.2 Å². The number of hydrogen-bond donors (Lipinski definition) is 2. The van der Waals surface area contributed by atoms with E-state index in [-0.39, 0.29) is 42.1 Å². The third-order valence-electron chi connectivity index (χ3n) is 4.79. The summed E-state index contributed by atoms with van der Waals surface area (Å²) in [5.74, 6) is -0.921. The molecule has 0 saturated heterocycles. The van der Waals surface area contributed by atoms with E-state index in [0.717, 1.165) is 0 Å². The molecule has 0 radical (unpaired) electrons. The Kier molecular flexibility index (Phi) is 6.71. The van der Waals surface area contributed by atoms with Gasteiger partial charge in [-0.3, -0.25) is 14.6 Å². The number of aliphatic hydroxyl groups is 1. The molecule has 1 aromatic heterocycles. The molecule has 0 saturated carbocycles. The van der Waals surface area contributed by atoms with Crippen molar-refractivity contribution in [3.8, 4) is 5.75 Å². The van der Waals surface area contributed by atoms with Gasteiger partial charge in [-0.05, 0) is 30.7 Å². The number of nitrogens with one attached hydrogen (secondary N) is 1. The van der Waals surface area contributed by atoms with Crippen LogP contribution in [0.2, 0.25) is 5.02 Å². The molecule has 1 aliphatic rings. The van der Waals surface area contributed by atoms with E-state index in [2.05, 4.69) is 10.3 Å². The molecule has 2 amide bonds. The third kappa shape index (κ3) is 5.08. The van der Waals surface area contributed by atoms with Crippen molar-refractivity contribution >= 4 is 23.4 Å². The number of halogens is 4. The molecule has 1 atom stereocenters. The summed E-state index contributed by atoms with van der Waals surface area (Å²) in [6.07, 6.45) is -3.12. The largest absolute Gasteiger partial charge is 0.483 e. The number of fused-ring (bicyclic) bond motifs is 1. The summed E-state index contributed by atoms with van der Waals surface area (Å²) >= 11 is 6.07. The molecule has 2 N–H and O–H groups in total. The van der Waals surface area contributed by atoms with Crippen molar-refractivity contribution in [1.82, 2.24) is 15.2 Å². The minimum Gasteiger partial charge on any atom is -0.483 e. The standard InChI is InChI=1S/C20H19ClF3N3O4/c1-11(12-2-3-16(15(21)8-12)31-10-20(22,23)24)27-9-14-13(19(27)30)4-5-25-17(14)18(29)26-6-7-28/h2-5,8,11,28H,6-7,9-10H2,1H3,(H,26,29). The van der Waals surface area contributed by atoms with Crippen molar-refractivity contribution in [2.45, 2.75) is 25.7 Å². The van der Waals surface area contributed by atoms with Crippen molar-refractivity contribution in [2.24, 2.45) is 0 Å². The summed E-state index contributed by atoms with van der Waals surface area (Å²) in [4.78, 5) is 30.8. The summed E-state index contributed by atoms with van der Waals surface area (Å²) < 4.78 is 41.8. The highest BCUT2D eigenvalue weighted by Crippen LogP contribution is 2.35. The number of hydrogen-bond acceptors (Lipinski definition) is 5. The second-order valence-corrected chi connectivity index (χ2v) is 7.28. The van der Waals surface area contributed by atoms with Crippen molar-refractivity contribution < 1.29 is 32.6 Å². The van der Waals surface area contributed by atoms with Crippen molar-refractivity contribution in [2.75, 3.05) is 19.8 Å². The van der Waals surface area contributed by atoms with Gasteiger partial charge in [0.1, 0.15) is 11.4 Å². The molecule has 0 aliphatic carbocycles. The number of amides is 2. The van der Waals surface area contributed by atoms with E-state index in [4.69, 9.17) is 21.4 Å². The van der Waals surface area contributed by atoms with Crippen LogP contribution < -0.4 is 10.1 Å². The molecule has 11 heteroatoms. The second kappa shape index (κ2) is 9.11. The van der Waals surface area contributed by atoms with Gasteiger partial charge in [-0.15, -0.1) is 0 Å². The van der Waals surface area contributed by atoms with Crippen LogP contribution in [0.4, 0.5) is 13.2 Å². The van der Waals surface area contributed by atoms with Crippen molar-refractivity contribution in [3.05, 3.63) is 57.9 Å². The maximum absolute atomic E-state index is 12.9. The summed E-state index contributed by atoms with van der Waals surface area (Å²) in [6.45, 7) is 0.223. The Morgan fingerprint density at radius 1 is 1.39 bits per heavy atom. The molecule has 1 unspecified atom stereocenters. The minimum atomic E-state index is -4.49. The summed E-state index contributed by atoms with van der Waals surface area (Å²) in [5.41, 5.74) is 1.49. The van der Waals surface area contributed by atoms with E-state index in [1.165, 1.54) is 35.4 Å². The van der Waals surface area contributed by atoms with E-state index in [1.54, 1.807) is 6.92 Å². The van der Waals surface area contributed by atoms with Gasteiger partial charge in [-0.25, -0.2) is 0 Å². The lowest BCUT2D eigenvalue weighted by Crippen LogP contribution is -2.29. The number of benzene rings is 1. The number of ether oxygens (including phenoxy) is 1. The first-order valence-electron chi connectivity index (χ1n) is 9.29. The van der Waals surface area contributed by atoms with Crippen LogP contribution in [-0.2, 0) is 6.54 Å². The number of aliphatic hydroxyl groups excluding tert-OH is 1. The molecule has 2 aromatic rings. The highest BCUT2D eigenvalue weighted by Gasteiger charge is 2.35. The maximum atomic E-state index is 12.9. The van der Waals surface area contributed by atoms with E-state index < -0.39 is 24.7 Å². The number of pyridine rings is 1. The SMILES string of the molecule is CC(c1ccc(OCC(F)(F)F)c(Cl)c1)N1Cc2c(ccnc2C(=O)NCCO)C1=O. The Morgan fingerprint density at radius 2 is 2.13 bits per heavy atom. The normalized spacial score (nSPS) is 14.4. The first kappa shape index (κ1) is 22.8. The summed E-state index contributed by atoms with van der Waals surface area (Å²) in [7, 11) is 0. The Morgan fingerprint density at radius 3 is 2.77 bits per heavy atom. The van der Waals surface area contributed by atoms with Crippen LogP contribution in [0.15, 0.2) is 30.5 Å². The van der Waals surface area contributed by atoms with Gasteiger partial charge >= 0.3 is 6.18 Å². The van der Waals surface area contributed by atoms with Crippen LogP contribution in [0.25, 0.3) is 0 Å². The zero-order valence-corrected chi connectivity index (χ0v) is 17.1. The zero-order chi connectivity index (χ0) is 22.8. The molecule has 31 heavy (non-hydrogen) atoms. The Bertz CT molecular complexity index is 1000. The van der Waals surface area contributed by atoms with E-state index in [9.17, 15) is 22.8 Å². The van der Waals surface area contributed by atoms with Gasteiger partial charge in [0.05, 0.1) is 17.7 Å². The Labute approximate surface area is 180 Å².